The molecule has 0 bridgehead atoms. The molecule has 0 saturated carbocycles. The smallest absolute Gasteiger partial charge is 0.274 e. The fraction of sp³-hybridized carbons (Fsp3) is 0.238. The average molecular weight is 488 g/mol. The first-order chi connectivity index (χ1) is 14.3. The van der Waals surface area contributed by atoms with Crippen LogP contribution >= 0.6 is 27.5 Å². The van der Waals surface area contributed by atoms with Crippen LogP contribution < -0.4 is 10.6 Å². The molecule has 0 radical (unpaired) electrons. The van der Waals surface area contributed by atoms with Crippen molar-refractivity contribution in [2.24, 2.45) is 0 Å². The van der Waals surface area contributed by atoms with Gasteiger partial charge in [0.1, 0.15) is 10.3 Å². The van der Waals surface area contributed by atoms with Crippen LogP contribution in [0.5, 0.6) is 0 Å². The zero-order valence-electron chi connectivity index (χ0n) is 16.7. The molecular weight excluding hydrogens is 468 g/mol. The molecule has 30 heavy (non-hydrogen) atoms. The number of pyridine rings is 1. The van der Waals surface area contributed by atoms with Gasteiger partial charge in [-0.05, 0) is 58.2 Å². The molecule has 0 atom stereocenters. The van der Waals surface area contributed by atoms with E-state index in [4.69, 9.17) is 11.6 Å². The lowest BCUT2D eigenvalue weighted by Gasteiger charge is -2.17. The Balaban J connectivity index is 1.99. The minimum absolute atomic E-state index is 0.253. The molecule has 7 nitrogen and oxygen atoms in total. The first-order valence-electron chi connectivity index (χ1n) is 9.25. The molecule has 0 aliphatic heterocycles. The molecule has 9 heteroatoms. The number of carbonyl (C=O) groups excluding carboxylic acids is 1. The van der Waals surface area contributed by atoms with E-state index < -0.39 is 0 Å². The van der Waals surface area contributed by atoms with Crippen LogP contribution in [0.2, 0.25) is 5.02 Å². The fourth-order valence-corrected chi connectivity index (χ4v) is 3.52. The largest absolute Gasteiger partial charge is 0.320 e. The average Bonchev–Trinajstić information content (AvgIpc) is 3.09. The number of aryl methyl sites for hydroxylation is 1. The number of hydrogen-bond donors (Lipinski definition) is 2. The van der Waals surface area contributed by atoms with Crippen LogP contribution in [0.3, 0.4) is 0 Å². The van der Waals surface area contributed by atoms with Crippen molar-refractivity contribution in [2.75, 3.05) is 5.32 Å². The highest BCUT2D eigenvalue weighted by molar-refractivity contribution is 9.10. The number of benzene rings is 1. The first-order valence-corrected chi connectivity index (χ1v) is 10.4. The van der Waals surface area contributed by atoms with E-state index in [0.29, 0.717) is 33.2 Å². The third kappa shape index (κ3) is 4.87. The summed E-state index contributed by atoms with van der Waals surface area (Å²) in [5, 5.41) is 20.3. The van der Waals surface area contributed by atoms with Gasteiger partial charge in [0.2, 0.25) is 0 Å². The number of halogens is 2. The Morgan fingerprint density at radius 3 is 2.80 bits per heavy atom. The highest BCUT2D eigenvalue weighted by atomic mass is 79.9. The topological polar surface area (TPSA) is 95.6 Å². The number of hydrogen-bond acceptors (Lipinski definition) is 5. The zero-order valence-corrected chi connectivity index (χ0v) is 19.0. The second-order valence-corrected chi connectivity index (χ2v) is 8.22. The Bertz CT molecular complexity index is 1140. The number of nitriles is 1. The van der Waals surface area contributed by atoms with Gasteiger partial charge in [-0.2, -0.15) is 10.4 Å². The van der Waals surface area contributed by atoms with Gasteiger partial charge in [-0.15, -0.1) is 0 Å². The van der Waals surface area contributed by atoms with Gasteiger partial charge in [-0.3, -0.25) is 4.79 Å². The van der Waals surface area contributed by atoms with Crippen LogP contribution in [-0.4, -0.2) is 26.7 Å². The van der Waals surface area contributed by atoms with Crippen LogP contribution in [0.1, 0.15) is 41.0 Å². The number of anilines is 1. The normalized spacial score (nSPS) is 10.8. The van der Waals surface area contributed by atoms with Crippen molar-refractivity contribution >= 4 is 39.1 Å². The van der Waals surface area contributed by atoms with E-state index in [-0.39, 0.29) is 17.6 Å². The van der Waals surface area contributed by atoms with Gasteiger partial charge in [-0.1, -0.05) is 25.4 Å². The predicted molar refractivity (Wildman–Crippen MR) is 120 cm³/mol. The van der Waals surface area contributed by atoms with Gasteiger partial charge in [0.05, 0.1) is 16.7 Å². The number of nitrogens with one attached hydrogen (secondary N) is 2. The molecule has 0 aliphatic rings. The summed E-state index contributed by atoms with van der Waals surface area (Å²) in [4.78, 5) is 17.4. The Kier molecular flexibility index (Phi) is 6.87. The van der Waals surface area contributed by atoms with Crippen molar-refractivity contribution in [3.8, 4) is 11.9 Å². The van der Waals surface area contributed by atoms with E-state index >= 15 is 0 Å². The lowest BCUT2D eigenvalue weighted by atomic mass is 10.0. The van der Waals surface area contributed by atoms with Crippen molar-refractivity contribution < 1.29 is 4.79 Å². The number of nitrogens with zero attached hydrogens (tertiary/aromatic N) is 4. The molecule has 1 amide bonds. The predicted octanol–water partition coefficient (Wildman–Crippen LogP) is 4.61. The highest BCUT2D eigenvalue weighted by Crippen LogP contribution is 2.26. The summed E-state index contributed by atoms with van der Waals surface area (Å²) in [6, 6.07) is 10.9. The number of aromatic nitrogens is 3. The number of amides is 1. The van der Waals surface area contributed by atoms with Gasteiger partial charge in [0, 0.05) is 30.5 Å². The Morgan fingerprint density at radius 2 is 2.13 bits per heavy atom. The third-order valence-corrected chi connectivity index (χ3v) is 5.02. The Labute approximate surface area is 188 Å². The quantitative estimate of drug-likeness (QED) is 0.529. The summed E-state index contributed by atoms with van der Waals surface area (Å²) in [7, 11) is 0. The van der Waals surface area contributed by atoms with Crippen LogP contribution in [0, 0.1) is 18.3 Å². The molecule has 3 aromatic rings. The molecule has 2 heterocycles. The van der Waals surface area contributed by atoms with Gasteiger partial charge in [0.25, 0.3) is 5.91 Å². The van der Waals surface area contributed by atoms with Crippen LogP contribution in [-0.2, 0) is 6.54 Å². The molecule has 1 aromatic carbocycles. The fourth-order valence-electron chi connectivity index (χ4n) is 2.94. The summed E-state index contributed by atoms with van der Waals surface area (Å²) in [5.74, 6) is -0.0122. The summed E-state index contributed by atoms with van der Waals surface area (Å²) in [6.07, 6.45) is 1.58. The van der Waals surface area contributed by atoms with Crippen LogP contribution in [0.25, 0.3) is 5.82 Å². The molecule has 2 N–H and O–H groups in total. The van der Waals surface area contributed by atoms with E-state index in [1.54, 1.807) is 36.5 Å². The maximum Gasteiger partial charge on any atom is 0.274 e. The van der Waals surface area contributed by atoms with E-state index in [2.05, 4.69) is 42.7 Å². The van der Waals surface area contributed by atoms with Gasteiger partial charge < -0.3 is 10.6 Å². The minimum atomic E-state index is -0.367. The second-order valence-electron chi connectivity index (χ2n) is 7.00. The number of carbonyl (C=O) groups is 1. The lowest BCUT2D eigenvalue weighted by Crippen LogP contribution is -2.24. The Hall–Kier alpha value is -2.73. The van der Waals surface area contributed by atoms with Gasteiger partial charge in [-0.25, -0.2) is 9.67 Å². The van der Waals surface area contributed by atoms with Crippen LogP contribution in [0.15, 0.2) is 41.1 Å². The minimum Gasteiger partial charge on any atom is -0.320 e. The lowest BCUT2D eigenvalue weighted by molar-refractivity contribution is 0.101. The third-order valence-electron chi connectivity index (χ3n) is 4.34. The molecule has 154 valence electrons. The van der Waals surface area contributed by atoms with E-state index in [0.717, 1.165) is 11.1 Å². The molecule has 0 spiro atoms. The summed E-state index contributed by atoms with van der Waals surface area (Å²) >= 11 is 9.57. The summed E-state index contributed by atoms with van der Waals surface area (Å²) in [5.41, 5.74) is 3.09. The summed E-state index contributed by atoms with van der Waals surface area (Å²) in [6.45, 7) is 6.44. The molecule has 0 fully saturated rings. The molecule has 3 rings (SSSR count). The molecular formula is C21H20BrClN6O. The molecule has 0 aliphatic carbocycles. The maximum atomic E-state index is 13.2. The Morgan fingerprint density at radius 1 is 1.37 bits per heavy atom. The van der Waals surface area contributed by atoms with Crippen molar-refractivity contribution in [3.63, 3.8) is 0 Å². The van der Waals surface area contributed by atoms with Gasteiger partial charge in [0.15, 0.2) is 5.82 Å². The van der Waals surface area contributed by atoms with Crippen molar-refractivity contribution in [1.82, 2.24) is 20.1 Å². The van der Waals surface area contributed by atoms with Crippen molar-refractivity contribution in [3.05, 3.63) is 68.5 Å². The molecule has 2 aromatic heterocycles. The van der Waals surface area contributed by atoms with Gasteiger partial charge >= 0.3 is 0 Å². The first kappa shape index (κ1) is 22.0. The monoisotopic (exact) mass is 486 g/mol. The van der Waals surface area contributed by atoms with Crippen molar-refractivity contribution in [2.45, 2.75) is 33.4 Å². The summed E-state index contributed by atoms with van der Waals surface area (Å²) < 4.78 is 1.87. The molecule has 0 unspecified atom stereocenters. The van der Waals surface area contributed by atoms with Crippen LogP contribution in [0.4, 0.5) is 5.69 Å². The van der Waals surface area contributed by atoms with E-state index in [9.17, 15) is 10.1 Å². The standard InChI is InChI=1S/C21H20BrClN6O/c1-12(2)26-11-15-8-14(10-24)7-13(3)19(15)27-21(30)17-9-18(22)28-29(17)20-16(23)5-4-6-25-20/h4-9,12,26H,11H2,1-3H3,(H,27,30). The molecule has 0 saturated heterocycles. The highest BCUT2D eigenvalue weighted by Gasteiger charge is 2.20. The van der Waals surface area contributed by atoms with E-state index in [1.165, 1.54) is 4.68 Å². The van der Waals surface area contributed by atoms with Crippen molar-refractivity contribution in [1.29, 1.82) is 5.26 Å². The second kappa shape index (κ2) is 9.39. The van der Waals surface area contributed by atoms with E-state index in [1.807, 2.05) is 20.8 Å². The zero-order chi connectivity index (χ0) is 21.8. The maximum absolute atomic E-state index is 13.2. The SMILES string of the molecule is Cc1cc(C#N)cc(CNC(C)C)c1NC(=O)c1cc(Br)nn1-c1ncccc1Cl. The number of rotatable bonds is 6.